The number of benzene rings is 3. The zero-order valence-electron chi connectivity index (χ0n) is 14.4. The second-order valence-electron chi connectivity index (χ2n) is 5.98. The maximum Gasteiger partial charge on any atom is 0.227 e. The van der Waals surface area contributed by atoms with E-state index in [1.807, 2.05) is 60.7 Å². The molecule has 0 aliphatic rings. The summed E-state index contributed by atoms with van der Waals surface area (Å²) >= 11 is 14.3. The molecule has 1 aromatic heterocycles. The Morgan fingerprint density at radius 1 is 0.964 bits per heavy atom. The number of hydrogen-bond acceptors (Lipinski definition) is 3. The van der Waals surface area contributed by atoms with Crippen LogP contribution in [0.2, 0.25) is 10.0 Å². The van der Waals surface area contributed by atoms with Crippen molar-refractivity contribution in [3.63, 3.8) is 0 Å². The van der Waals surface area contributed by atoms with E-state index in [0.29, 0.717) is 15.9 Å². The lowest BCUT2D eigenvalue weighted by Crippen LogP contribution is -1.77. The molecule has 0 spiro atoms. The van der Waals surface area contributed by atoms with Gasteiger partial charge in [-0.3, -0.25) is 4.99 Å². The van der Waals surface area contributed by atoms with Gasteiger partial charge in [0, 0.05) is 25.4 Å². The molecule has 3 nitrogen and oxygen atoms in total. The third-order valence-corrected chi connectivity index (χ3v) is 5.29. The average Bonchev–Trinajstić information content (AvgIpc) is 3.10. The lowest BCUT2D eigenvalue weighted by Gasteiger charge is -1.97. The van der Waals surface area contributed by atoms with Gasteiger partial charge in [0.05, 0.1) is 5.69 Å². The van der Waals surface area contributed by atoms with Crippen molar-refractivity contribution in [2.45, 2.75) is 0 Å². The molecule has 3 aromatic carbocycles. The monoisotopic (exact) mass is 518 g/mol. The minimum Gasteiger partial charge on any atom is -0.436 e. The summed E-state index contributed by atoms with van der Waals surface area (Å²) in [5, 5.41) is 1.21. The van der Waals surface area contributed by atoms with Crippen LogP contribution in [0.15, 0.2) is 76.1 Å². The normalized spacial score (nSPS) is 11.8. The van der Waals surface area contributed by atoms with E-state index in [0.717, 1.165) is 27.9 Å². The van der Waals surface area contributed by atoms with Crippen molar-refractivity contribution in [2.24, 2.45) is 4.99 Å². The molecule has 0 fully saturated rings. The molecule has 0 atom stereocenters. The number of aliphatic imine (C=N–C) groups is 1. The zero-order valence-corrected chi connectivity index (χ0v) is 18.1. The molecule has 28 heavy (non-hydrogen) atoms. The number of allylic oxidation sites excluding steroid dienone is 1. The van der Waals surface area contributed by atoms with Gasteiger partial charge < -0.3 is 4.42 Å². The van der Waals surface area contributed by atoms with E-state index < -0.39 is 0 Å². The summed E-state index contributed by atoms with van der Waals surface area (Å²) < 4.78 is 7.02. The highest BCUT2D eigenvalue weighted by atomic mass is 127. The van der Waals surface area contributed by atoms with Crippen LogP contribution in [-0.2, 0) is 0 Å². The van der Waals surface area contributed by atoms with E-state index in [1.165, 1.54) is 3.57 Å². The highest BCUT2D eigenvalue weighted by molar-refractivity contribution is 14.1. The number of rotatable bonds is 4. The number of oxazole rings is 1. The van der Waals surface area contributed by atoms with Crippen molar-refractivity contribution in [3.8, 4) is 11.5 Å². The van der Waals surface area contributed by atoms with Crippen molar-refractivity contribution in [1.29, 1.82) is 0 Å². The molecule has 138 valence electrons. The highest BCUT2D eigenvalue weighted by Gasteiger charge is 2.08. The van der Waals surface area contributed by atoms with Crippen molar-refractivity contribution in [3.05, 3.63) is 85.9 Å². The number of nitrogens with zero attached hydrogens (tertiary/aromatic N) is 2. The predicted molar refractivity (Wildman–Crippen MR) is 126 cm³/mol. The SMILES string of the molecule is Clc1ccc(/C=C/C=Nc2ccc3oc(-c4ccc(I)cc4)nc3c2)c(Cl)c1. The largest absolute Gasteiger partial charge is 0.436 e. The number of halogens is 3. The van der Waals surface area contributed by atoms with E-state index in [2.05, 4.69) is 32.6 Å². The van der Waals surface area contributed by atoms with Gasteiger partial charge >= 0.3 is 0 Å². The average molecular weight is 519 g/mol. The Balaban J connectivity index is 1.53. The molecular weight excluding hydrogens is 506 g/mol. The van der Waals surface area contributed by atoms with Gasteiger partial charge in [0.2, 0.25) is 5.89 Å². The Bertz CT molecular complexity index is 1200. The smallest absolute Gasteiger partial charge is 0.227 e. The quantitative estimate of drug-likeness (QED) is 0.204. The molecule has 0 amide bonds. The van der Waals surface area contributed by atoms with Crippen LogP contribution in [0.5, 0.6) is 0 Å². The van der Waals surface area contributed by atoms with Gasteiger partial charge in [0.1, 0.15) is 5.52 Å². The van der Waals surface area contributed by atoms with Gasteiger partial charge in [-0.15, -0.1) is 0 Å². The van der Waals surface area contributed by atoms with Gasteiger partial charge in [-0.25, -0.2) is 4.98 Å². The van der Waals surface area contributed by atoms with Gasteiger partial charge in [0.25, 0.3) is 0 Å². The molecule has 0 aliphatic heterocycles. The van der Waals surface area contributed by atoms with Crippen LogP contribution in [0, 0.1) is 3.57 Å². The Morgan fingerprint density at radius 2 is 1.79 bits per heavy atom. The molecule has 0 aliphatic carbocycles. The molecule has 4 aromatic rings. The summed E-state index contributed by atoms with van der Waals surface area (Å²) in [6, 6.07) is 19.1. The molecule has 0 saturated carbocycles. The van der Waals surface area contributed by atoms with Gasteiger partial charge in [0.15, 0.2) is 5.58 Å². The number of aromatic nitrogens is 1. The predicted octanol–water partition coefficient (Wildman–Crippen LogP) is 7.82. The standard InChI is InChI=1S/C22H13Cl2IN2O/c23-16-6-3-14(19(24)12-16)2-1-11-26-18-9-10-21-20(13-18)27-22(28-21)15-4-7-17(25)8-5-15/h1-13H/b2-1+,26-11?. The Hall–Kier alpha value is -2.15. The number of fused-ring (bicyclic) bond motifs is 1. The van der Waals surface area contributed by atoms with Crippen LogP contribution in [0.1, 0.15) is 5.56 Å². The molecule has 0 radical (unpaired) electrons. The second kappa shape index (κ2) is 8.47. The van der Waals surface area contributed by atoms with Crippen LogP contribution in [0.25, 0.3) is 28.6 Å². The molecule has 0 unspecified atom stereocenters. The van der Waals surface area contributed by atoms with Crippen LogP contribution >= 0.6 is 45.8 Å². The summed E-state index contributed by atoms with van der Waals surface area (Å²) in [4.78, 5) is 9.03. The Kier molecular flexibility index (Phi) is 5.80. The Morgan fingerprint density at radius 3 is 2.57 bits per heavy atom. The fourth-order valence-electron chi connectivity index (χ4n) is 2.62. The van der Waals surface area contributed by atoms with Crippen molar-refractivity contribution in [1.82, 2.24) is 4.98 Å². The first-order chi connectivity index (χ1) is 13.6. The molecule has 6 heteroatoms. The fraction of sp³-hybridized carbons (Fsp3) is 0. The molecule has 0 N–H and O–H groups in total. The van der Waals surface area contributed by atoms with E-state index in [9.17, 15) is 0 Å². The molecular formula is C22H13Cl2IN2O. The van der Waals surface area contributed by atoms with Gasteiger partial charge in [-0.05, 0) is 88.8 Å². The first-order valence-corrected chi connectivity index (χ1v) is 10.2. The number of hydrogen-bond donors (Lipinski definition) is 0. The Labute approximate surface area is 185 Å². The first-order valence-electron chi connectivity index (χ1n) is 8.41. The van der Waals surface area contributed by atoms with Crippen molar-refractivity contribution < 1.29 is 4.42 Å². The first kappa shape index (κ1) is 19.2. The lowest BCUT2D eigenvalue weighted by molar-refractivity contribution is 0.620. The summed E-state index contributed by atoms with van der Waals surface area (Å²) in [6.07, 6.45) is 5.43. The van der Waals surface area contributed by atoms with Gasteiger partial charge in [-0.1, -0.05) is 35.3 Å². The molecule has 1 heterocycles. The van der Waals surface area contributed by atoms with E-state index in [1.54, 1.807) is 18.3 Å². The minimum atomic E-state index is 0.601. The van der Waals surface area contributed by atoms with E-state index in [-0.39, 0.29) is 0 Å². The molecule has 0 saturated heterocycles. The van der Waals surface area contributed by atoms with Crippen LogP contribution in [0.3, 0.4) is 0 Å². The summed E-state index contributed by atoms with van der Waals surface area (Å²) in [7, 11) is 0. The van der Waals surface area contributed by atoms with Gasteiger partial charge in [-0.2, -0.15) is 0 Å². The third kappa shape index (κ3) is 4.46. The zero-order chi connectivity index (χ0) is 19.5. The maximum absolute atomic E-state index is 6.15. The summed E-state index contributed by atoms with van der Waals surface area (Å²) in [5.41, 5.74) is 4.13. The van der Waals surface area contributed by atoms with E-state index in [4.69, 9.17) is 27.6 Å². The summed E-state index contributed by atoms with van der Waals surface area (Å²) in [5.74, 6) is 0.602. The third-order valence-electron chi connectivity index (χ3n) is 4.01. The van der Waals surface area contributed by atoms with E-state index >= 15 is 0 Å². The van der Waals surface area contributed by atoms with Crippen molar-refractivity contribution in [2.75, 3.05) is 0 Å². The molecule has 0 bridgehead atoms. The van der Waals surface area contributed by atoms with Crippen LogP contribution < -0.4 is 0 Å². The molecule has 4 rings (SSSR count). The van der Waals surface area contributed by atoms with Crippen LogP contribution in [-0.4, -0.2) is 11.2 Å². The highest BCUT2D eigenvalue weighted by Crippen LogP contribution is 2.27. The topological polar surface area (TPSA) is 38.4 Å². The maximum atomic E-state index is 6.15. The second-order valence-corrected chi connectivity index (χ2v) is 8.07. The lowest BCUT2D eigenvalue weighted by atomic mass is 10.2. The fourth-order valence-corrected chi connectivity index (χ4v) is 3.46. The minimum absolute atomic E-state index is 0.601. The van der Waals surface area contributed by atoms with Crippen LogP contribution in [0.4, 0.5) is 5.69 Å². The van der Waals surface area contributed by atoms with Crippen molar-refractivity contribution >= 4 is 74.9 Å². The summed E-state index contributed by atoms with van der Waals surface area (Å²) in [6.45, 7) is 0.